The Labute approximate surface area is 94.3 Å². The average molecular weight is 219 g/mol. The normalized spacial score (nSPS) is 11.7. The van der Waals surface area contributed by atoms with E-state index in [0.29, 0.717) is 5.56 Å². The number of nitrogens with zero attached hydrogens (tertiary/aromatic N) is 1. The molecule has 0 saturated heterocycles. The van der Waals surface area contributed by atoms with E-state index in [2.05, 4.69) is 0 Å². The van der Waals surface area contributed by atoms with Crippen molar-refractivity contribution in [3.8, 4) is 5.40 Å². The molecule has 1 rings (SSSR count). The Morgan fingerprint density at radius 1 is 1.47 bits per heavy atom. The maximum Gasteiger partial charge on any atom is 0.176 e. The number of carbonyl (C=O) groups is 1. The van der Waals surface area contributed by atoms with Crippen molar-refractivity contribution in [1.82, 2.24) is 0 Å². The molecular formula is C12H13NOS. The Kier molecular flexibility index (Phi) is 4.92. The maximum absolute atomic E-state index is 12.0. The van der Waals surface area contributed by atoms with Crippen LogP contribution in [0.25, 0.3) is 0 Å². The van der Waals surface area contributed by atoms with E-state index in [0.717, 1.165) is 24.6 Å². The van der Waals surface area contributed by atoms with Crippen LogP contribution in [0.4, 0.5) is 0 Å². The number of thioether (sulfide) groups is 1. The van der Waals surface area contributed by atoms with E-state index in [-0.39, 0.29) is 11.0 Å². The minimum atomic E-state index is -0.220. The average Bonchev–Trinajstić information content (AvgIpc) is 2.29. The van der Waals surface area contributed by atoms with Crippen LogP contribution in [0.15, 0.2) is 30.3 Å². The summed E-state index contributed by atoms with van der Waals surface area (Å²) >= 11 is 1.06. The molecule has 0 bridgehead atoms. The molecule has 0 aliphatic heterocycles. The monoisotopic (exact) mass is 219 g/mol. The standard InChI is InChI=1S/C12H13NOS/c1-2-6-11(15-9-13)12(14)10-7-4-3-5-8-10/h3-5,7-8,11H,2,6H2,1H3/t11-/m0/s1. The van der Waals surface area contributed by atoms with E-state index in [1.54, 1.807) is 12.1 Å². The molecule has 3 heteroatoms. The molecule has 0 fully saturated rings. The Hall–Kier alpha value is -1.27. The lowest BCUT2D eigenvalue weighted by atomic mass is 10.1. The topological polar surface area (TPSA) is 40.9 Å². The van der Waals surface area contributed by atoms with Crippen LogP contribution < -0.4 is 0 Å². The molecule has 0 heterocycles. The highest BCUT2D eigenvalue weighted by molar-refractivity contribution is 8.05. The molecule has 2 nitrogen and oxygen atoms in total. The van der Waals surface area contributed by atoms with Crippen molar-refractivity contribution in [1.29, 1.82) is 5.26 Å². The highest BCUT2D eigenvalue weighted by atomic mass is 32.2. The zero-order valence-corrected chi connectivity index (χ0v) is 9.46. The van der Waals surface area contributed by atoms with Crippen molar-refractivity contribution in [2.24, 2.45) is 0 Å². The van der Waals surface area contributed by atoms with Gasteiger partial charge in [-0.25, -0.2) is 0 Å². The van der Waals surface area contributed by atoms with Gasteiger partial charge in [-0.05, 0) is 18.2 Å². The minimum absolute atomic E-state index is 0.0593. The van der Waals surface area contributed by atoms with Gasteiger partial charge in [0.1, 0.15) is 5.40 Å². The zero-order chi connectivity index (χ0) is 11.1. The third-order valence-electron chi connectivity index (χ3n) is 2.10. The lowest BCUT2D eigenvalue weighted by Crippen LogP contribution is -2.16. The largest absolute Gasteiger partial charge is 0.293 e. The Morgan fingerprint density at radius 3 is 2.67 bits per heavy atom. The summed E-state index contributed by atoms with van der Waals surface area (Å²) in [5, 5.41) is 10.4. The first-order valence-electron chi connectivity index (χ1n) is 4.93. The Bertz CT molecular complexity index is 356. The first-order chi connectivity index (χ1) is 7.29. The van der Waals surface area contributed by atoms with E-state index in [1.165, 1.54) is 0 Å². The molecule has 0 saturated carbocycles. The molecule has 0 aromatic heterocycles. The molecule has 1 atom stereocenters. The molecule has 0 spiro atoms. The second-order valence-electron chi connectivity index (χ2n) is 3.22. The van der Waals surface area contributed by atoms with Crippen molar-refractivity contribution in [2.75, 3.05) is 0 Å². The zero-order valence-electron chi connectivity index (χ0n) is 8.64. The summed E-state index contributed by atoms with van der Waals surface area (Å²) in [6.07, 6.45) is 1.67. The summed E-state index contributed by atoms with van der Waals surface area (Å²) in [7, 11) is 0. The number of hydrogen-bond acceptors (Lipinski definition) is 3. The van der Waals surface area contributed by atoms with Gasteiger partial charge in [-0.15, -0.1) is 0 Å². The van der Waals surface area contributed by atoms with Gasteiger partial charge in [0.15, 0.2) is 5.78 Å². The van der Waals surface area contributed by atoms with E-state index >= 15 is 0 Å². The quantitative estimate of drug-likeness (QED) is 0.564. The Balaban J connectivity index is 2.77. The molecule has 15 heavy (non-hydrogen) atoms. The van der Waals surface area contributed by atoms with Crippen molar-refractivity contribution in [3.05, 3.63) is 35.9 Å². The number of hydrogen-bond donors (Lipinski definition) is 0. The van der Waals surface area contributed by atoms with Crippen LogP contribution in [0.3, 0.4) is 0 Å². The number of ketones is 1. The molecule has 1 aromatic rings. The summed E-state index contributed by atoms with van der Waals surface area (Å²) in [6, 6.07) is 9.15. The molecule has 78 valence electrons. The van der Waals surface area contributed by atoms with Crippen LogP contribution in [0, 0.1) is 10.7 Å². The van der Waals surface area contributed by atoms with Crippen LogP contribution in [0.5, 0.6) is 0 Å². The second kappa shape index (κ2) is 6.26. The fourth-order valence-corrected chi connectivity index (χ4v) is 2.08. The SMILES string of the molecule is CCC[C@H](SC#N)C(=O)c1ccccc1. The maximum atomic E-state index is 12.0. The number of carbonyl (C=O) groups excluding carboxylic acids is 1. The highest BCUT2D eigenvalue weighted by Gasteiger charge is 2.19. The van der Waals surface area contributed by atoms with Gasteiger partial charge in [-0.1, -0.05) is 43.7 Å². The predicted molar refractivity (Wildman–Crippen MR) is 62.7 cm³/mol. The van der Waals surface area contributed by atoms with Gasteiger partial charge in [0.25, 0.3) is 0 Å². The summed E-state index contributed by atoms with van der Waals surface area (Å²) in [6.45, 7) is 2.02. The molecule has 0 radical (unpaired) electrons. The number of Topliss-reactive ketones (excluding diaryl/α,β-unsaturated/α-hetero) is 1. The van der Waals surface area contributed by atoms with E-state index < -0.39 is 0 Å². The summed E-state index contributed by atoms with van der Waals surface area (Å²) < 4.78 is 0. The third kappa shape index (κ3) is 3.41. The smallest absolute Gasteiger partial charge is 0.176 e. The first kappa shape index (κ1) is 11.8. The van der Waals surface area contributed by atoms with Crippen molar-refractivity contribution in [3.63, 3.8) is 0 Å². The molecule has 1 aromatic carbocycles. The van der Waals surface area contributed by atoms with E-state index in [1.807, 2.05) is 30.5 Å². The molecule has 0 aliphatic rings. The van der Waals surface area contributed by atoms with Gasteiger partial charge in [0.05, 0.1) is 5.25 Å². The van der Waals surface area contributed by atoms with E-state index in [9.17, 15) is 4.79 Å². The number of thiocyanates is 1. The van der Waals surface area contributed by atoms with Gasteiger partial charge < -0.3 is 0 Å². The molecule has 0 unspecified atom stereocenters. The minimum Gasteiger partial charge on any atom is -0.293 e. The van der Waals surface area contributed by atoms with Crippen LogP contribution in [-0.2, 0) is 0 Å². The summed E-state index contributed by atoms with van der Waals surface area (Å²) in [5.41, 5.74) is 0.693. The van der Waals surface area contributed by atoms with Gasteiger partial charge in [0.2, 0.25) is 0 Å². The van der Waals surface area contributed by atoms with Crippen LogP contribution in [0.2, 0.25) is 0 Å². The fourth-order valence-electron chi connectivity index (χ4n) is 1.36. The first-order valence-corrected chi connectivity index (χ1v) is 5.81. The van der Waals surface area contributed by atoms with E-state index in [4.69, 9.17) is 5.26 Å². The van der Waals surface area contributed by atoms with Gasteiger partial charge in [-0.2, -0.15) is 5.26 Å². The number of rotatable bonds is 5. The van der Waals surface area contributed by atoms with Crippen LogP contribution in [-0.4, -0.2) is 11.0 Å². The molecule has 0 amide bonds. The summed E-state index contributed by atoms with van der Waals surface area (Å²) in [5.74, 6) is 0.0593. The highest BCUT2D eigenvalue weighted by Crippen LogP contribution is 2.20. The number of nitriles is 1. The summed E-state index contributed by atoms with van der Waals surface area (Å²) in [4.78, 5) is 12.0. The van der Waals surface area contributed by atoms with Crippen LogP contribution in [0.1, 0.15) is 30.1 Å². The van der Waals surface area contributed by atoms with Gasteiger partial charge in [0, 0.05) is 5.56 Å². The lowest BCUT2D eigenvalue weighted by Gasteiger charge is -2.09. The fraction of sp³-hybridized carbons (Fsp3) is 0.333. The molecule has 0 N–H and O–H groups in total. The third-order valence-corrected chi connectivity index (χ3v) is 2.94. The lowest BCUT2D eigenvalue weighted by molar-refractivity contribution is 0.0986. The Morgan fingerprint density at radius 2 is 2.13 bits per heavy atom. The predicted octanol–water partition coefficient (Wildman–Crippen LogP) is 3.25. The molecule has 0 aliphatic carbocycles. The van der Waals surface area contributed by atoms with Crippen molar-refractivity contribution >= 4 is 17.5 Å². The number of benzene rings is 1. The second-order valence-corrected chi connectivity index (χ2v) is 4.20. The van der Waals surface area contributed by atoms with Gasteiger partial charge >= 0.3 is 0 Å². The van der Waals surface area contributed by atoms with Gasteiger partial charge in [-0.3, -0.25) is 4.79 Å². The molecular weight excluding hydrogens is 206 g/mol. The van der Waals surface area contributed by atoms with Crippen LogP contribution >= 0.6 is 11.8 Å². The van der Waals surface area contributed by atoms with Crippen molar-refractivity contribution < 1.29 is 4.79 Å². The van der Waals surface area contributed by atoms with Crippen molar-refractivity contribution in [2.45, 2.75) is 25.0 Å².